The Balaban J connectivity index is 2.39. The van der Waals surface area contributed by atoms with Gasteiger partial charge in [-0.15, -0.1) is 0 Å². The Morgan fingerprint density at radius 2 is 2.12 bits per heavy atom. The van der Waals surface area contributed by atoms with Crippen LogP contribution < -0.4 is 9.47 Å². The molecule has 0 aromatic heterocycles. The minimum Gasteiger partial charge on any atom is -0.486 e. The number of aliphatic hydroxyl groups is 1. The molecule has 1 aromatic carbocycles. The molecule has 0 amide bonds. The molecule has 0 saturated heterocycles. The zero-order valence-corrected chi connectivity index (χ0v) is 9.73. The Bertz CT molecular complexity index is 441. The Kier molecular flexibility index (Phi) is 3.19. The molecule has 0 bridgehead atoms. The third-order valence-electron chi connectivity index (χ3n) is 2.72. The molecular formula is C12H14O5. The summed E-state index contributed by atoms with van der Waals surface area (Å²) in [5.74, 6) is 0.524. The molecule has 1 aliphatic rings. The van der Waals surface area contributed by atoms with E-state index in [1.54, 1.807) is 19.1 Å². The second-order valence-corrected chi connectivity index (χ2v) is 3.73. The average molecular weight is 238 g/mol. The van der Waals surface area contributed by atoms with Crippen LogP contribution in [-0.4, -0.2) is 31.4 Å². The van der Waals surface area contributed by atoms with Gasteiger partial charge in [0.2, 0.25) is 0 Å². The van der Waals surface area contributed by atoms with E-state index in [9.17, 15) is 9.90 Å². The molecule has 5 nitrogen and oxygen atoms in total. The number of carbonyl (C=O) groups is 1. The first-order valence-corrected chi connectivity index (χ1v) is 5.30. The first-order chi connectivity index (χ1) is 8.15. The molecule has 92 valence electrons. The highest BCUT2D eigenvalue weighted by molar-refractivity contribution is 5.77. The fourth-order valence-electron chi connectivity index (χ4n) is 1.81. The van der Waals surface area contributed by atoms with Crippen LogP contribution in [0.15, 0.2) is 12.1 Å². The van der Waals surface area contributed by atoms with Crippen molar-refractivity contribution in [3.05, 3.63) is 23.3 Å². The van der Waals surface area contributed by atoms with Gasteiger partial charge in [0.25, 0.3) is 0 Å². The number of benzene rings is 1. The van der Waals surface area contributed by atoms with Crippen LogP contribution in [0.25, 0.3) is 0 Å². The summed E-state index contributed by atoms with van der Waals surface area (Å²) < 4.78 is 15.4. The summed E-state index contributed by atoms with van der Waals surface area (Å²) in [6.07, 6.45) is -1.30. The van der Waals surface area contributed by atoms with Gasteiger partial charge in [-0.3, -0.25) is 0 Å². The summed E-state index contributed by atoms with van der Waals surface area (Å²) in [4.78, 5) is 11.3. The summed E-state index contributed by atoms with van der Waals surface area (Å²) in [5.41, 5.74) is 1.17. The van der Waals surface area contributed by atoms with E-state index in [2.05, 4.69) is 4.74 Å². The van der Waals surface area contributed by atoms with E-state index in [0.29, 0.717) is 35.8 Å². The highest BCUT2D eigenvalue weighted by atomic mass is 16.6. The molecule has 0 saturated carbocycles. The number of rotatable bonds is 2. The molecule has 1 aliphatic heterocycles. The van der Waals surface area contributed by atoms with Crippen LogP contribution in [0.2, 0.25) is 0 Å². The van der Waals surface area contributed by atoms with Gasteiger partial charge in [0.05, 0.1) is 7.11 Å². The lowest BCUT2D eigenvalue weighted by Gasteiger charge is -2.22. The number of hydrogen-bond acceptors (Lipinski definition) is 5. The van der Waals surface area contributed by atoms with Crippen LogP contribution >= 0.6 is 0 Å². The smallest absolute Gasteiger partial charge is 0.339 e. The van der Waals surface area contributed by atoms with Crippen molar-refractivity contribution in [1.82, 2.24) is 0 Å². The maximum atomic E-state index is 11.3. The molecule has 0 fully saturated rings. The van der Waals surface area contributed by atoms with Crippen molar-refractivity contribution in [2.75, 3.05) is 20.3 Å². The van der Waals surface area contributed by atoms with Crippen molar-refractivity contribution in [3.63, 3.8) is 0 Å². The van der Waals surface area contributed by atoms with Crippen LogP contribution in [0.3, 0.4) is 0 Å². The Morgan fingerprint density at radius 3 is 2.82 bits per heavy atom. The van der Waals surface area contributed by atoms with Gasteiger partial charge in [-0.1, -0.05) is 6.07 Å². The van der Waals surface area contributed by atoms with E-state index in [1.165, 1.54) is 7.11 Å². The fraction of sp³-hybridized carbons (Fsp3) is 0.417. The number of esters is 1. The first kappa shape index (κ1) is 11.7. The van der Waals surface area contributed by atoms with Crippen molar-refractivity contribution in [3.8, 4) is 11.5 Å². The van der Waals surface area contributed by atoms with Gasteiger partial charge in [-0.2, -0.15) is 0 Å². The van der Waals surface area contributed by atoms with Gasteiger partial charge < -0.3 is 19.3 Å². The van der Waals surface area contributed by atoms with Crippen molar-refractivity contribution in [2.45, 2.75) is 13.0 Å². The Morgan fingerprint density at radius 1 is 1.41 bits per heavy atom. The highest BCUT2D eigenvalue weighted by Gasteiger charge is 2.24. The molecular weight excluding hydrogens is 224 g/mol. The Hall–Kier alpha value is -1.75. The largest absolute Gasteiger partial charge is 0.486 e. The predicted octanol–water partition coefficient (Wildman–Crippen LogP) is 0.973. The van der Waals surface area contributed by atoms with Gasteiger partial charge in [-0.05, 0) is 18.6 Å². The molecule has 0 spiro atoms. The maximum Gasteiger partial charge on any atom is 0.339 e. The number of aliphatic hydroxyl groups excluding tert-OH is 1. The van der Waals surface area contributed by atoms with Gasteiger partial charge >= 0.3 is 5.97 Å². The molecule has 0 radical (unpaired) electrons. The van der Waals surface area contributed by atoms with E-state index >= 15 is 0 Å². The Labute approximate surface area is 98.9 Å². The molecule has 1 heterocycles. The minimum atomic E-state index is -1.30. The van der Waals surface area contributed by atoms with Crippen LogP contribution in [0, 0.1) is 6.92 Å². The van der Waals surface area contributed by atoms with Gasteiger partial charge in [0, 0.05) is 5.56 Å². The SMILES string of the molecule is COC(=O)C(O)c1ccc2c(c1C)OCCO2. The van der Waals surface area contributed by atoms with Crippen molar-refractivity contribution < 1.29 is 24.1 Å². The second-order valence-electron chi connectivity index (χ2n) is 3.73. The molecule has 1 unspecified atom stereocenters. The molecule has 17 heavy (non-hydrogen) atoms. The normalized spacial score (nSPS) is 15.2. The number of ether oxygens (including phenoxy) is 3. The lowest BCUT2D eigenvalue weighted by atomic mass is 10.0. The monoisotopic (exact) mass is 238 g/mol. The van der Waals surface area contributed by atoms with E-state index in [0.717, 1.165) is 0 Å². The number of carbonyl (C=O) groups excluding carboxylic acids is 1. The topological polar surface area (TPSA) is 65.0 Å². The summed E-state index contributed by atoms with van der Waals surface area (Å²) in [5, 5.41) is 9.80. The lowest BCUT2D eigenvalue weighted by Crippen LogP contribution is -2.19. The highest BCUT2D eigenvalue weighted by Crippen LogP contribution is 2.37. The van der Waals surface area contributed by atoms with Crippen LogP contribution in [-0.2, 0) is 9.53 Å². The third kappa shape index (κ3) is 2.06. The van der Waals surface area contributed by atoms with E-state index in [4.69, 9.17) is 9.47 Å². The molecule has 1 N–H and O–H groups in total. The molecule has 5 heteroatoms. The van der Waals surface area contributed by atoms with E-state index in [-0.39, 0.29) is 0 Å². The second kappa shape index (κ2) is 4.63. The molecule has 2 rings (SSSR count). The van der Waals surface area contributed by atoms with E-state index in [1.807, 2.05) is 0 Å². The molecule has 1 atom stereocenters. The van der Waals surface area contributed by atoms with Crippen LogP contribution in [0.5, 0.6) is 11.5 Å². The maximum absolute atomic E-state index is 11.3. The summed E-state index contributed by atoms with van der Waals surface area (Å²) in [7, 11) is 1.24. The zero-order chi connectivity index (χ0) is 12.4. The summed E-state index contributed by atoms with van der Waals surface area (Å²) >= 11 is 0. The number of hydrogen-bond donors (Lipinski definition) is 1. The first-order valence-electron chi connectivity index (χ1n) is 5.30. The van der Waals surface area contributed by atoms with Crippen LogP contribution in [0.1, 0.15) is 17.2 Å². The predicted molar refractivity (Wildman–Crippen MR) is 59.1 cm³/mol. The standard InChI is InChI=1S/C12H14O5/c1-7-8(10(13)12(14)15-2)3-4-9-11(7)17-6-5-16-9/h3-4,10,13H,5-6H2,1-2H3. The number of fused-ring (bicyclic) bond motifs is 1. The summed E-state index contributed by atoms with van der Waals surface area (Å²) in [6, 6.07) is 3.33. The lowest BCUT2D eigenvalue weighted by molar-refractivity contribution is -0.150. The fourth-order valence-corrected chi connectivity index (χ4v) is 1.81. The van der Waals surface area contributed by atoms with Crippen molar-refractivity contribution in [2.24, 2.45) is 0 Å². The van der Waals surface area contributed by atoms with Crippen LogP contribution in [0.4, 0.5) is 0 Å². The zero-order valence-electron chi connectivity index (χ0n) is 9.73. The van der Waals surface area contributed by atoms with Gasteiger partial charge in [-0.25, -0.2) is 4.79 Å². The third-order valence-corrected chi connectivity index (χ3v) is 2.72. The van der Waals surface area contributed by atoms with Gasteiger partial charge in [0.1, 0.15) is 13.2 Å². The summed E-state index contributed by atoms with van der Waals surface area (Å²) in [6.45, 7) is 2.74. The van der Waals surface area contributed by atoms with Crippen molar-refractivity contribution in [1.29, 1.82) is 0 Å². The molecule has 1 aromatic rings. The van der Waals surface area contributed by atoms with Gasteiger partial charge in [0.15, 0.2) is 17.6 Å². The van der Waals surface area contributed by atoms with Crippen molar-refractivity contribution >= 4 is 5.97 Å². The average Bonchev–Trinajstić information content (AvgIpc) is 2.38. The quantitative estimate of drug-likeness (QED) is 0.778. The molecule has 0 aliphatic carbocycles. The van der Waals surface area contributed by atoms with E-state index < -0.39 is 12.1 Å². The number of methoxy groups -OCH3 is 1. The minimum absolute atomic E-state index is 0.464.